The van der Waals surface area contributed by atoms with Crippen molar-refractivity contribution in [2.75, 3.05) is 0 Å². The Morgan fingerprint density at radius 2 is 1.36 bits per heavy atom. The number of rotatable bonds is 11. The predicted molar refractivity (Wildman–Crippen MR) is 97.1 cm³/mol. The summed E-state index contributed by atoms with van der Waals surface area (Å²) < 4.78 is 2.00. The molecule has 0 radical (unpaired) electrons. The number of hydrogen-bond acceptors (Lipinski definition) is 2. The SMILES string of the molecule is CC(=O)CC(=O)O.CCCCCCC[CH2][Al]([CH](C)C)[CH](C)C. The number of unbranched alkanes of at least 4 members (excludes halogenated alkanes) is 5. The summed E-state index contributed by atoms with van der Waals surface area (Å²) in [5.41, 5.74) is 0. The van der Waals surface area contributed by atoms with Crippen LogP contribution in [0.4, 0.5) is 0 Å². The van der Waals surface area contributed by atoms with E-state index in [4.69, 9.17) is 5.11 Å². The molecular formula is C18H37AlO3. The molecule has 0 unspecified atom stereocenters. The van der Waals surface area contributed by atoms with Crippen LogP contribution in [0, 0.1) is 0 Å². The zero-order valence-electron chi connectivity index (χ0n) is 15.7. The summed E-state index contributed by atoms with van der Waals surface area (Å²) in [5, 5.41) is 9.45. The summed E-state index contributed by atoms with van der Waals surface area (Å²) in [6.07, 6.45) is 8.39. The molecule has 0 saturated heterocycles. The van der Waals surface area contributed by atoms with E-state index in [9.17, 15) is 9.59 Å². The fourth-order valence-corrected chi connectivity index (χ4v) is 6.44. The minimum absolute atomic E-state index is 0.312. The number of carbonyl (C=O) groups is 2. The largest absolute Gasteiger partial charge is 0.481 e. The van der Waals surface area contributed by atoms with Crippen molar-refractivity contribution >= 4 is 25.9 Å². The Kier molecular flexibility index (Phi) is 16.9. The maximum Gasteiger partial charge on any atom is 0.310 e. The summed E-state index contributed by atoms with van der Waals surface area (Å²) in [5.74, 6) is -1.37. The Labute approximate surface area is 142 Å². The average Bonchev–Trinajstić information content (AvgIpc) is 2.35. The van der Waals surface area contributed by atoms with E-state index in [1.165, 1.54) is 45.4 Å². The molecule has 0 aliphatic carbocycles. The van der Waals surface area contributed by atoms with Crippen LogP contribution >= 0.6 is 0 Å². The summed E-state index contributed by atoms with van der Waals surface area (Å²) in [6.45, 7) is 13.3. The van der Waals surface area contributed by atoms with Gasteiger partial charge in [0, 0.05) is 0 Å². The van der Waals surface area contributed by atoms with Crippen LogP contribution < -0.4 is 0 Å². The van der Waals surface area contributed by atoms with Crippen LogP contribution in [0.15, 0.2) is 0 Å². The highest BCUT2D eigenvalue weighted by atomic mass is 27.2. The molecule has 0 aromatic heterocycles. The molecule has 130 valence electrons. The van der Waals surface area contributed by atoms with Gasteiger partial charge in [0.1, 0.15) is 12.2 Å². The second-order valence-corrected chi connectivity index (χ2v) is 11.6. The van der Waals surface area contributed by atoms with Gasteiger partial charge in [0.2, 0.25) is 0 Å². The van der Waals surface area contributed by atoms with E-state index in [-0.39, 0.29) is 12.2 Å². The summed E-state index contributed by atoms with van der Waals surface area (Å²) in [7, 11) is 0. The molecule has 0 atom stereocenters. The molecule has 4 heteroatoms. The number of carboxylic acids is 1. The molecule has 3 nitrogen and oxygen atoms in total. The van der Waals surface area contributed by atoms with Gasteiger partial charge in [0.05, 0.1) is 0 Å². The number of carbonyl (C=O) groups excluding carboxylic acids is 1. The van der Waals surface area contributed by atoms with Gasteiger partial charge in [-0.15, -0.1) is 0 Å². The van der Waals surface area contributed by atoms with E-state index < -0.39 is 20.1 Å². The summed E-state index contributed by atoms with van der Waals surface area (Å²) >= 11 is -0.439. The van der Waals surface area contributed by atoms with Gasteiger partial charge in [-0.1, -0.05) is 88.0 Å². The van der Waals surface area contributed by atoms with E-state index in [1.807, 2.05) is 0 Å². The van der Waals surface area contributed by atoms with E-state index in [1.54, 1.807) is 5.28 Å². The monoisotopic (exact) mass is 328 g/mol. The second-order valence-electron chi connectivity index (χ2n) is 6.98. The van der Waals surface area contributed by atoms with E-state index in [0.717, 1.165) is 9.56 Å². The molecule has 0 rings (SSSR count). The van der Waals surface area contributed by atoms with Crippen molar-refractivity contribution in [1.29, 1.82) is 0 Å². The Hall–Kier alpha value is -0.328. The van der Waals surface area contributed by atoms with Crippen LogP contribution in [0.1, 0.15) is 86.5 Å². The van der Waals surface area contributed by atoms with Gasteiger partial charge in [0.25, 0.3) is 14.1 Å². The van der Waals surface area contributed by atoms with Crippen molar-refractivity contribution in [1.82, 2.24) is 0 Å². The minimum atomic E-state index is -1.06. The summed E-state index contributed by atoms with van der Waals surface area (Å²) in [4.78, 5) is 19.5. The molecule has 0 aromatic rings. The molecule has 22 heavy (non-hydrogen) atoms. The number of ketones is 1. The van der Waals surface area contributed by atoms with Crippen molar-refractivity contribution in [3.05, 3.63) is 0 Å². The standard InChI is InChI=1S/C8H17.C4H6O3.2C3H7.Al/c1-3-5-7-8-6-4-2;1-3(5)2-4(6)7;2*1-3-2;/h1,3-8H2,2H3;2H2,1H3,(H,6,7);2*3H,1-2H3;. The van der Waals surface area contributed by atoms with Gasteiger partial charge < -0.3 is 5.11 Å². The molecule has 0 amide bonds. The topological polar surface area (TPSA) is 54.4 Å². The van der Waals surface area contributed by atoms with Crippen molar-refractivity contribution in [3.63, 3.8) is 0 Å². The van der Waals surface area contributed by atoms with E-state index in [2.05, 4.69) is 34.6 Å². The highest BCUT2D eigenvalue weighted by Crippen LogP contribution is 2.25. The van der Waals surface area contributed by atoms with Crippen molar-refractivity contribution in [2.24, 2.45) is 0 Å². The van der Waals surface area contributed by atoms with Crippen LogP contribution in [0.2, 0.25) is 14.8 Å². The predicted octanol–water partition coefficient (Wildman–Crippen LogP) is 5.71. The van der Waals surface area contributed by atoms with E-state index in [0.29, 0.717) is 0 Å². The van der Waals surface area contributed by atoms with E-state index >= 15 is 0 Å². The fourth-order valence-electron chi connectivity index (χ4n) is 2.81. The first kappa shape index (κ1) is 23.9. The molecular weight excluding hydrogens is 291 g/mol. The third kappa shape index (κ3) is 17.7. The fraction of sp³-hybridized carbons (Fsp3) is 0.889. The first-order valence-electron chi connectivity index (χ1n) is 8.93. The minimum Gasteiger partial charge on any atom is -0.481 e. The lowest BCUT2D eigenvalue weighted by Gasteiger charge is -2.19. The van der Waals surface area contributed by atoms with Gasteiger partial charge >= 0.3 is 5.97 Å². The lowest BCUT2D eigenvalue weighted by Crippen LogP contribution is -2.20. The van der Waals surface area contributed by atoms with Gasteiger partial charge in [-0.2, -0.15) is 0 Å². The van der Waals surface area contributed by atoms with Crippen LogP contribution in [0.5, 0.6) is 0 Å². The molecule has 0 heterocycles. The number of hydrogen-bond donors (Lipinski definition) is 1. The highest BCUT2D eigenvalue weighted by Gasteiger charge is 2.23. The zero-order valence-corrected chi connectivity index (χ0v) is 16.8. The molecule has 0 fully saturated rings. The third-order valence-corrected chi connectivity index (χ3v) is 8.50. The maximum absolute atomic E-state index is 9.87. The molecule has 0 bridgehead atoms. The normalized spacial score (nSPS) is 10.4. The first-order chi connectivity index (χ1) is 10.2. The smallest absolute Gasteiger partial charge is 0.310 e. The van der Waals surface area contributed by atoms with Crippen molar-refractivity contribution in [3.8, 4) is 0 Å². The molecule has 0 aromatic carbocycles. The second kappa shape index (κ2) is 15.6. The Morgan fingerprint density at radius 3 is 1.68 bits per heavy atom. The van der Waals surface area contributed by atoms with Crippen LogP contribution in [0.25, 0.3) is 0 Å². The van der Waals surface area contributed by atoms with Crippen molar-refractivity contribution < 1.29 is 14.7 Å². The van der Waals surface area contributed by atoms with Gasteiger partial charge in [-0.05, 0) is 6.92 Å². The average molecular weight is 328 g/mol. The number of carboxylic acid groups (broad SMARTS) is 1. The van der Waals surface area contributed by atoms with Crippen molar-refractivity contribution in [2.45, 2.75) is 101 Å². The van der Waals surface area contributed by atoms with Crippen LogP contribution in [-0.4, -0.2) is 31.0 Å². The highest BCUT2D eigenvalue weighted by molar-refractivity contribution is 6.61. The Balaban J connectivity index is 0. The quantitative estimate of drug-likeness (QED) is 0.300. The van der Waals surface area contributed by atoms with Gasteiger partial charge in [-0.25, -0.2) is 0 Å². The lowest BCUT2D eigenvalue weighted by atomic mass is 10.1. The zero-order chi connectivity index (χ0) is 17.5. The third-order valence-electron chi connectivity index (χ3n) is 4.00. The molecule has 0 saturated carbocycles. The van der Waals surface area contributed by atoms with Gasteiger partial charge in [-0.3, -0.25) is 9.59 Å². The molecule has 1 N–H and O–H groups in total. The maximum atomic E-state index is 9.87. The number of Topliss-reactive ketones (excluding diaryl/α,β-unsaturated/α-hetero) is 1. The van der Waals surface area contributed by atoms with Crippen LogP contribution in [0.3, 0.4) is 0 Å². The Bertz CT molecular complexity index is 268. The lowest BCUT2D eigenvalue weighted by molar-refractivity contribution is -0.139. The Morgan fingerprint density at radius 1 is 0.909 bits per heavy atom. The molecule has 0 spiro atoms. The van der Waals surface area contributed by atoms with Gasteiger partial charge in [0.15, 0.2) is 0 Å². The van der Waals surface area contributed by atoms with Crippen LogP contribution in [-0.2, 0) is 9.59 Å². The molecule has 0 aliphatic rings. The molecule has 0 aliphatic heterocycles. The first-order valence-corrected chi connectivity index (χ1v) is 11.1. The summed E-state index contributed by atoms with van der Waals surface area (Å²) in [6, 6.07) is 0. The number of aliphatic carboxylic acids is 1.